The van der Waals surface area contributed by atoms with Crippen molar-refractivity contribution in [3.8, 4) is 0 Å². The molecule has 1 aliphatic heterocycles. The Morgan fingerprint density at radius 3 is 2.40 bits per heavy atom. The molecule has 0 saturated carbocycles. The zero-order valence-electron chi connectivity index (χ0n) is 20.8. The molecule has 1 saturated heterocycles. The molecule has 1 N–H and O–H groups in total. The van der Waals surface area contributed by atoms with Crippen LogP contribution in [-0.2, 0) is 11.3 Å². The molecule has 1 amide bonds. The van der Waals surface area contributed by atoms with E-state index < -0.39 is 0 Å². The Labute approximate surface area is 206 Å². The standard InChI is InChI=1S/C27H34N6O2/c1-5-23(31-14-16-32(17-15-31)24(34)6-2)21-10-8-20(9-11-21)19(4)29-27-28-18-22-12-13-25(35)33(7-3)26(22)30-27/h6,8-13,18-19,23H,2,5,7,14-17H2,1,3-4H3,(H,28,29,30)/t19-,23?/m0/s1. The smallest absolute Gasteiger partial charge is 0.252 e. The number of hydrogen-bond donors (Lipinski definition) is 1. The summed E-state index contributed by atoms with van der Waals surface area (Å²) >= 11 is 0. The van der Waals surface area contributed by atoms with E-state index in [1.165, 1.54) is 11.6 Å². The lowest BCUT2D eigenvalue weighted by Gasteiger charge is -2.39. The molecule has 35 heavy (non-hydrogen) atoms. The number of amides is 1. The average Bonchev–Trinajstić information content (AvgIpc) is 2.89. The summed E-state index contributed by atoms with van der Waals surface area (Å²) in [7, 11) is 0. The summed E-state index contributed by atoms with van der Waals surface area (Å²) in [6, 6.07) is 12.3. The Hall–Kier alpha value is -3.52. The number of nitrogens with one attached hydrogen (secondary N) is 1. The Balaban J connectivity index is 1.45. The molecular weight excluding hydrogens is 440 g/mol. The number of carbonyl (C=O) groups is 1. The summed E-state index contributed by atoms with van der Waals surface area (Å²) < 4.78 is 1.65. The zero-order valence-corrected chi connectivity index (χ0v) is 20.8. The van der Waals surface area contributed by atoms with E-state index in [0.717, 1.165) is 43.5 Å². The fourth-order valence-electron chi connectivity index (χ4n) is 4.82. The van der Waals surface area contributed by atoms with E-state index >= 15 is 0 Å². The minimum Gasteiger partial charge on any atom is -0.348 e. The lowest BCUT2D eigenvalue weighted by Crippen LogP contribution is -2.49. The monoisotopic (exact) mass is 474 g/mol. The maximum absolute atomic E-state index is 12.2. The van der Waals surface area contributed by atoms with E-state index in [-0.39, 0.29) is 17.5 Å². The molecule has 4 rings (SSSR count). The summed E-state index contributed by atoms with van der Waals surface area (Å²) in [5.74, 6) is 0.511. The molecule has 184 valence electrons. The molecular formula is C27H34N6O2. The van der Waals surface area contributed by atoms with Crippen molar-refractivity contribution in [1.82, 2.24) is 24.3 Å². The zero-order chi connectivity index (χ0) is 24.9. The van der Waals surface area contributed by atoms with E-state index in [0.29, 0.717) is 24.2 Å². The van der Waals surface area contributed by atoms with Gasteiger partial charge in [-0.2, -0.15) is 4.98 Å². The lowest BCUT2D eigenvalue weighted by atomic mass is 9.98. The van der Waals surface area contributed by atoms with Crippen LogP contribution in [0, 0.1) is 0 Å². The third-order valence-corrected chi connectivity index (χ3v) is 6.83. The molecule has 0 aliphatic carbocycles. The Bertz CT molecular complexity index is 1240. The Morgan fingerprint density at radius 1 is 1.09 bits per heavy atom. The topological polar surface area (TPSA) is 83.4 Å². The first-order valence-corrected chi connectivity index (χ1v) is 12.3. The van der Waals surface area contributed by atoms with Crippen LogP contribution in [0.25, 0.3) is 11.0 Å². The van der Waals surface area contributed by atoms with Gasteiger partial charge in [-0.3, -0.25) is 19.1 Å². The predicted octanol–water partition coefficient (Wildman–Crippen LogP) is 3.77. The van der Waals surface area contributed by atoms with E-state index in [1.807, 2.05) is 11.8 Å². The number of nitrogens with zero attached hydrogens (tertiary/aromatic N) is 5. The van der Waals surface area contributed by atoms with Crippen molar-refractivity contribution in [3.05, 3.63) is 76.7 Å². The normalized spacial score (nSPS) is 16.1. The van der Waals surface area contributed by atoms with Gasteiger partial charge in [0.25, 0.3) is 5.56 Å². The number of piperazine rings is 1. The van der Waals surface area contributed by atoms with Crippen LogP contribution < -0.4 is 10.9 Å². The van der Waals surface area contributed by atoms with E-state index in [4.69, 9.17) is 0 Å². The predicted molar refractivity (Wildman–Crippen MR) is 139 cm³/mol. The maximum Gasteiger partial charge on any atom is 0.252 e. The molecule has 2 aromatic heterocycles. The SMILES string of the molecule is C=CC(=O)N1CCN(C(CC)c2ccc([C@H](C)Nc3ncc4ccc(=O)n(CC)c4n3)cc2)CC1. The summed E-state index contributed by atoms with van der Waals surface area (Å²) in [6.07, 6.45) is 4.15. The maximum atomic E-state index is 12.2. The number of hydrogen-bond acceptors (Lipinski definition) is 6. The molecule has 3 aromatic rings. The van der Waals surface area contributed by atoms with E-state index in [9.17, 15) is 9.59 Å². The second-order valence-electron chi connectivity index (χ2n) is 8.91. The van der Waals surface area contributed by atoms with Gasteiger partial charge in [-0.1, -0.05) is 37.8 Å². The van der Waals surface area contributed by atoms with Crippen LogP contribution in [0.15, 0.2) is 60.0 Å². The molecule has 8 heteroatoms. The summed E-state index contributed by atoms with van der Waals surface area (Å²) in [5.41, 5.74) is 2.99. The molecule has 0 spiro atoms. The van der Waals surface area contributed by atoms with Crippen molar-refractivity contribution in [2.45, 2.75) is 45.8 Å². The van der Waals surface area contributed by atoms with Crippen molar-refractivity contribution in [2.75, 3.05) is 31.5 Å². The third-order valence-electron chi connectivity index (χ3n) is 6.83. The largest absolute Gasteiger partial charge is 0.348 e. The van der Waals surface area contributed by atoms with Gasteiger partial charge in [-0.25, -0.2) is 4.98 Å². The summed E-state index contributed by atoms with van der Waals surface area (Å²) in [4.78, 5) is 37.4. The van der Waals surface area contributed by atoms with Crippen LogP contribution in [0.2, 0.25) is 0 Å². The van der Waals surface area contributed by atoms with Gasteiger partial charge in [-0.15, -0.1) is 0 Å². The molecule has 8 nitrogen and oxygen atoms in total. The van der Waals surface area contributed by atoms with Crippen LogP contribution in [-0.4, -0.2) is 56.4 Å². The first kappa shape index (κ1) is 24.6. The van der Waals surface area contributed by atoms with E-state index in [2.05, 4.69) is 64.9 Å². The molecule has 1 aliphatic rings. The van der Waals surface area contributed by atoms with Gasteiger partial charge >= 0.3 is 0 Å². The number of anilines is 1. The minimum atomic E-state index is -0.0625. The molecule has 3 heterocycles. The number of aryl methyl sites for hydroxylation is 1. The number of rotatable bonds is 8. The number of aromatic nitrogens is 3. The fourth-order valence-corrected chi connectivity index (χ4v) is 4.82. The van der Waals surface area contributed by atoms with E-state index in [1.54, 1.807) is 22.9 Å². The molecule has 1 aromatic carbocycles. The highest BCUT2D eigenvalue weighted by atomic mass is 16.2. The number of benzene rings is 1. The highest BCUT2D eigenvalue weighted by Crippen LogP contribution is 2.27. The molecule has 1 fully saturated rings. The van der Waals surface area contributed by atoms with Gasteiger partial charge in [0.15, 0.2) is 0 Å². The summed E-state index contributed by atoms with van der Waals surface area (Å²) in [6.45, 7) is 13.6. The van der Waals surface area contributed by atoms with Crippen molar-refractivity contribution in [2.24, 2.45) is 0 Å². The van der Waals surface area contributed by atoms with Crippen molar-refractivity contribution >= 4 is 22.9 Å². The van der Waals surface area contributed by atoms with Gasteiger partial charge in [0.2, 0.25) is 11.9 Å². The summed E-state index contributed by atoms with van der Waals surface area (Å²) in [5, 5.41) is 4.22. The van der Waals surface area contributed by atoms with Gasteiger partial charge in [-0.05, 0) is 43.5 Å². The quantitative estimate of drug-likeness (QED) is 0.501. The Morgan fingerprint density at radius 2 is 1.77 bits per heavy atom. The molecule has 1 unspecified atom stereocenters. The number of pyridine rings is 1. The van der Waals surface area contributed by atoms with Gasteiger partial charge in [0, 0.05) is 56.4 Å². The average molecular weight is 475 g/mol. The van der Waals surface area contributed by atoms with Crippen LogP contribution in [0.4, 0.5) is 5.95 Å². The molecule has 2 atom stereocenters. The number of fused-ring (bicyclic) bond motifs is 1. The number of carbonyl (C=O) groups excluding carboxylic acids is 1. The second kappa shape index (κ2) is 10.8. The van der Waals surface area contributed by atoms with Gasteiger partial charge in [0.1, 0.15) is 5.65 Å². The van der Waals surface area contributed by atoms with Crippen molar-refractivity contribution in [3.63, 3.8) is 0 Å². The van der Waals surface area contributed by atoms with Gasteiger partial charge in [0.05, 0.1) is 6.04 Å². The van der Waals surface area contributed by atoms with Crippen LogP contribution in [0.5, 0.6) is 0 Å². The first-order chi connectivity index (χ1) is 16.9. The van der Waals surface area contributed by atoms with Crippen LogP contribution in [0.1, 0.15) is 50.4 Å². The second-order valence-corrected chi connectivity index (χ2v) is 8.91. The van der Waals surface area contributed by atoms with Gasteiger partial charge < -0.3 is 10.2 Å². The molecule has 0 bridgehead atoms. The third kappa shape index (κ3) is 5.27. The van der Waals surface area contributed by atoms with Crippen molar-refractivity contribution < 1.29 is 4.79 Å². The highest BCUT2D eigenvalue weighted by molar-refractivity contribution is 5.87. The first-order valence-electron chi connectivity index (χ1n) is 12.3. The Kier molecular flexibility index (Phi) is 7.60. The minimum absolute atomic E-state index is 0.000507. The van der Waals surface area contributed by atoms with Crippen LogP contribution in [0.3, 0.4) is 0 Å². The fraction of sp³-hybridized carbons (Fsp3) is 0.407. The molecule has 0 radical (unpaired) electrons. The lowest BCUT2D eigenvalue weighted by molar-refractivity contribution is -0.128. The van der Waals surface area contributed by atoms with Crippen LogP contribution >= 0.6 is 0 Å². The highest BCUT2D eigenvalue weighted by Gasteiger charge is 2.25. The van der Waals surface area contributed by atoms with Crippen molar-refractivity contribution in [1.29, 1.82) is 0 Å².